The molecule has 134 valence electrons. The van der Waals surface area contributed by atoms with E-state index in [1.807, 2.05) is 24.3 Å². The third kappa shape index (κ3) is 3.22. The van der Waals surface area contributed by atoms with Crippen molar-refractivity contribution in [1.82, 2.24) is 0 Å². The maximum atomic E-state index is 12.8. The SMILES string of the molecule is CC(C)[C@@H]1CC2(CC=C[C@H]1c1ccccc1)C(=O)OC(C)(C)OC2=O. The van der Waals surface area contributed by atoms with Gasteiger partial charge in [0.2, 0.25) is 0 Å². The van der Waals surface area contributed by atoms with Gasteiger partial charge in [-0.2, -0.15) is 0 Å². The van der Waals surface area contributed by atoms with E-state index < -0.39 is 23.1 Å². The predicted molar refractivity (Wildman–Crippen MR) is 94.6 cm³/mol. The van der Waals surface area contributed by atoms with Crippen LogP contribution in [0.4, 0.5) is 0 Å². The maximum absolute atomic E-state index is 12.8. The number of benzene rings is 1. The second kappa shape index (κ2) is 6.32. The Kier molecular flexibility index (Phi) is 4.48. The van der Waals surface area contributed by atoms with Crippen molar-refractivity contribution in [1.29, 1.82) is 0 Å². The summed E-state index contributed by atoms with van der Waals surface area (Å²) in [6, 6.07) is 10.2. The Labute approximate surface area is 149 Å². The molecular formula is C21H26O4. The molecule has 1 spiro atoms. The Bertz CT molecular complexity index is 667. The summed E-state index contributed by atoms with van der Waals surface area (Å²) in [5.41, 5.74) is -0.0304. The summed E-state index contributed by atoms with van der Waals surface area (Å²) in [5.74, 6) is -1.50. The van der Waals surface area contributed by atoms with Gasteiger partial charge in [-0.05, 0) is 30.2 Å². The number of carbonyl (C=O) groups is 2. The highest BCUT2D eigenvalue weighted by atomic mass is 16.7. The molecule has 0 saturated carbocycles. The van der Waals surface area contributed by atoms with Crippen LogP contribution in [-0.4, -0.2) is 17.7 Å². The number of cyclic esters (lactones) is 2. The number of carbonyl (C=O) groups excluding carboxylic acids is 2. The van der Waals surface area contributed by atoms with Crippen molar-refractivity contribution in [3.63, 3.8) is 0 Å². The molecule has 25 heavy (non-hydrogen) atoms. The fourth-order valence-corrected chi connectivity index (χ4v) is 3.93. The molecule has 0 unspecified atom stereocenters. The summed E-state index contributed by atoms with van der Waals surface area (Å²) in [5, 5.41) is 0. The molecule has 1 aromatic rings. The monoisotopic (exact) mass is 342 g/mol. The first-order chi connectivity index (χ1) is 11.8. The number of ether oxygens (including phenoxy) is 2. The lowest BCUT2D eigenvalue weighted by atomic mass is 9.69. The zero-order valence-electron chi connectivity index (χ0n) is 15.3. The highest BCUT2D eigenvalue weighted by Gasteiger charge is 2.57. The lowest BCUT2D eigenvalue weighted by Gasteiger charge is -2.41. The Morgan fingerprint density at radius 1 is 1.04 bits per heavy atom. The van der Waals surface area contributed by atoms with Crippen LogP contribution < -0.4 is 0 Å². The maximum Gasteiger partial charge on any atom is 0.327 e. The van der Waals surface area contributed by atoms with Gasteiger partial charge in [0, 0.05) is 19.8 Å². The molecule has 1 saturated heterocycles. The molecule has 0 amide bonds. The van der Waals surface area contributed by atoms with Gasteiger partial charge in [0.15, 0.2) is 5.41 Å². The number of allylic oxidation sites excluding steroid dienone is 2. The fraction of sp³-hybridized carbons (Fsp3) is 0.524. The van der Waals surface area contributed by atoms with E-state index in [1.54, 1.807) is 13.8 Å². The van der Waals surface area contributed by atoms with Gasteiger partial charge in [-0.15, -0.1) is 0 Å². The lowest BCUT2D eigenvalue weighted by molar-refractivity contribution is -0.252. The zero-order valence-corrected chi connectivity index (χ0v) is 15.3. The fourth-order valence-electron chi connectivity index (χ4n) is 3.93. The molecule has 4 heteroatoms. The average molecular weight is 342 g/mol. The summed E-state index contributed by atoms with van der Waals surface area (Å²) in [6.45, 7) is 7.46. The molecule has 3 rings (SSSR count). The first-order valence-electron chi connectivity index (χ1n) is 8.94. The third-order valence-corrected chi connectivity index (χ3v) is 5.35. The number of esters is 2. The van der Waals surface area contributed by atoms with E-state index in [9.17, 15) is 9.59 Å². The van der Waals surface area contributed by atoms with Gasteiger partial charge in [-0.3, -0.25) is 9.59 Å². The molecule has 1 fully saturated rings. The van der Waals surface area contributed by atoms with Crippen LogP contribution in [0.3, 0.4) is 0 Å². The standard InChI is InChI=1S/C21H26O4/c1-14(2)17-13-21(18(22)24-20(3,4)25-19(21)23)12-8-11-16(17)15-9-6-5-7-10-15/h5-11,14,16-17H,12-13H2,1-4H3/t16-,17-/m0/s1. The number of hydrogen-bond donors (Lipinski definition) is 0. The third-order valence-electron chi connectivity index (χ3n) is 5.35. The van der Waals surface area contributed by atoms with Gasteiger partial charge in [0.25, 0.3) is 5.79 Å². The van der Waals surface area contributed by atoms with Gasteiger partial charge in [-0.25, -0.2) is 0 Å². The van der Waals surface area contributed by atoms with Crippen LogP contribution >= 0.6 is 0 Å². The van der Waals surface area contributed by atoms with Crippen molar-refractivity contribution in [2.45, 2.75) is 52.2 Å². The minimum Gasteiger partial charge on any atom is -0.422 e. The second-order valence-corrected chi connectivity index (χ2v) is 7.94. The van der Waals surface area contributed by atoms with Gasteiger partial charge >= 0.3 is 11.9 Å². The number of rotatable bonds is 2. The van der Waals surface area contributed by atoms with Crippen LogP contribution in [0.2, 0.25) is 0 Å². The van der Waals surface area contributed by atoms with Crippen molar-refractivity contribution in [3.8, 4) is 0 Å². The van der Waals surface area contributed by atoms with Crippen LogP contribution in [0, 0.1) is 17.3 Å². The normalized spacial score (nSPS) is 27.7. The Morgan fingerprint density at radius 2 is 1.64 bits per heavy atom. The molecule has 1 aliphatic heterocycles. The largest absolute Gasteiger partial charge is 0.422 e. The molecule has 0 N–H and O–H groups in total. The molecule has 4 nitrogen and oxygen atoms in total. The molecular weight excluding hydrogens is 316 g/mol. The molecule has 0 radical (unpaired) electrons. The van der Waals surface area contributed by atoms with Crippen molar-refractivity contribution < 1.29 is 19.1 Å². The highest BCUT2D eigenvalue weighted by molar-refractivity contribution is 6.02. The van der Waals surface area contributed by atoms with E-state index in [4.69, 9.17) is 9.47 Å². The van der Waals surface area contributed by atoms with Crippen molar-refractivity contribution in [2.75, 3.05) is 0 Å². The smallest absolute Gasteiger partial charge is 0.327 e. The summed E-state index contributed by atoms with van der Waals surface area (Å²) < 4.78 is 10.9. The predicted octanol–water partition coefficient (Wildman–Crippen LogP) is 4.21. The van der Waals surface area contributed by atoms with Crippen LogP contribution in [-0.2, 0) is 19.1 Å². The minimum atomic E-state index is -1.23. The summed E-state index contributed by atoms with van der Waals surface area (Å²) in [7, 11) is 0. The molecule has 2 aliphatic rings. The van der Waals surface area contributed by atoms with Crippen molar-refractivity contribution in [2.24, 2.45) is 17.3 Å². The van der Waals surface area contributed by atoms with E-state index in [-0.39, 0.29) is 11.8 Å². The zero-order chi connectivity index (χ0) is 18.2. The minimum absolute atomic E-state index is 0.141. The van der Waals surface area contributed by atoms with Crippen molar-refractivity contribution >= 4 is 11.9 Å². The van der Waals surface area contributed by atoms with Gasteiger partial charge in [-0.1, -0.05) is 56.3 Å². The quantitative estimate of drug-likeness (QED) is 0.459. The van der Waals surface area contributed by atoms with Gasteiger partial charge < -0.3 is 9.47 Å². The molecule has 1 aliphatic carbocycles. The summed E-state index contributed by atoms with van der Waals surface area (Å²) in [6.07, 6.45) is 4.84. The molecule has 1 heterocycles. The molecule has 0 aromatic heterocycles. The topological polar surface area (TPSA) is 52.6 Å². The Hall–Kier alpha value is -2.10. The summed E-state index contributed by atoms with van der Waals surface area (Å²) >= 11 is 0. The first kappa shape index (κ1) is 17.7. The van der Waals surface area contributed by atoms with E-state index in [0.717, 1.165) is 0 Å². The molecule has 1 aromatic carbocycles. The van der Waals surface area contributed by atoms with Crippen LogP contribution in [0.1, 0.15) is 52.0 Å². The highest BCUT2D eigenvalue weighted by Crippen LogP contribution is 2.48. The Morgan fingerprint density at radius 3 is 2.20 bits per heavy atom. The Balaban J connectivity index is 1.98. The van der Waals surface area contributed by atoms with E-state index in [2.05, 4.69) is 32.1 Å². The number of hydrogen-bond acceptors (Lipinski definition) is 4. The van der Waals surface area contributed by atoms with Crippen LogP contribution in [0.15, 0.2) is 42.5 Å². The van der Waals surface area contributed by atoms with E-state index in [1.165, 1.54) is 5.56 Å². The second-order valence-electron chi connectivity index (χ2n) is 7.94. The van der Waals surface area contributed by atoms with Gasteiger partial charge in [0.05, 0.1) is 0 Å². The molecule has 2 atom stereocenters. The van der Waals surface area contributed by atoms with Gasteiger partial charge in [0.1, 0.15) is 0 Å². The first-order valence-corrected chi connectivity index (χ1v) is 8.94. The van der Waals surface area contributed by atoms with E-state index in [0.29, 0.717) is 18.8 Å². The van der Waals surface area contributed by atoms with Crippen LogP contribution in [0.5, 0.6) is 0 Å². The van der Waals surface area contributed by atoms with E-state index >= 15 is 0 Å². The van der Waals surface area contributed by atoms with Crippen molar-refractivity contribution in [3.05, 3.63) is 48.0 Å². The van der Waals surface area contributed by atoms with Crippen LogP contribution in [0.25, 0.3) is 0 Å². The lowest BCUT2D eigenvalue weighted by Crippen LogP contribution is -2.54. The summed E-state index contributed by atoms with van der Waals surface area (Å²) in [4.78, 5) is 25.6. The average Bonchev–Trinajstić information content (AvgIpc) is 2.74. The molecule has 0 bridgehead atoms.